The van der Waals surface area contributed by atoms with Crippen LogP contribution in [-0.4, -0.2) is 24.9 Å². The fraction of sp³-hybridized carbons (Fsp3) is 0.286. The van der Waals surface area contributed by atoms with E-state index in [1.165, 1.54) is 6.20 Å². The fourth-order valence-electron chi connectivity index (χ4n) is 1.62. The second-order valence-electron chi connectivity index (χ2n) is 4.57. The number of hydrogen-bond acceptors (Lipinski definition) is 4. The molecule has 1 aliphatic carbocycles. The van der Waals surface area contributed by atoms with E-state index in [2.05, 4.69) is 10.1 Å². The van der Waals surface area contributed by atoms with Gasteiger partial charge in [-0.05, 0) is 25.0 Å². The maximum Gasteiger partial charge on any atom is 0.343 e. The zero-order valence-corrected chi connectivity index (χ0v) is 11.8. The van der Waals surface area contributed by atoms with Crippen LogP contribution >= 0.6 is 11.6 Å². The first-order valence-electron chi connectivity index (χ1n) is 6.17. The lowest BCUT2D eigenvalue weighted by Crippen LogP contribution is -2.20. The van der Waals surface area contributed by atoms with E-state index in [4.69, 9.17) is 11.6 Å². The predicted octanol–water partition coefficient (Wildman–Crippen LogP) is 2.61. The van der Waals surface area contributed by atoms with Crippen LogP contribution in [-0.2, 0) is 9.53 Å². The summed E-state index contributed by atoms with van der Waals surface area (Å²) in [5, 5.41) is 2.60. The Morgan fingerprint density at radius 2 is 1.95 bits per heavy atom. The van der Waals surface area contributed by atoms with Gasteiger partial charge in [-0.25, -0.2) is 13.6 Å². The number of methoxy groups -OCH3 is 1. The zero-order chi connectivity index (χ0) is 15.6. The summed E-state index contributed by atoms with van der Waals surface area (Å²) in [6.45, 7) is 0. The second kappa shape index (κ2) is 6.22. The average molecular weight is 316 g/mol. The molecule has 1 aliphatic rings. The summed E-state index contributed by atoms with van der Waals surface area (Å²) in [6, 6.07) is 1.55. The van der Waals surface area contributed by atoms with Gasteiger partial charge in [-0.1, -0.05) is 11.6 Å². The van der Waals surface area contributed by atoms with Crippen LogP contribution in [0, 0.1) is 11.6 Å². The van der Waals surface area contributed by atoms with E-state index in [-0.39, 0.29) is 22.2 Å². The first-order valence-corrected chi connectivity index (χ1v) is 6.55. The molecule has 0 bridgehead atoms. The summed E-state index contributed by atoms with van der Waals surface area (Å²) in [6.07, 6.45) is 3.10. The second-order valence-corrected chi connectivity index (χ2v) is 4.97. The number of nitrogens with one attached hydrogen (secondary N) is 1. The number of benzene rings is 1. The van der Waals surface area contributed by atoms with Gasteiger partial charge in [-0.15, -0.1) is 0 Å². The van der Waals surface area contributed by atoms with E-state index < -0.39 is 23.4 Å². The van der Waals surface area contributed by atoms with Crippen LogP contribution in [0.25, 0.3) is 0 Å². The van der Waals surface area contributed by atoms with Crippen LogP contribution in [0.2, 0.25) is 5.02 Å². The average Bonchev–Trinajstić information content (AvgIpc) is 3.26. The van der Waals surface area contributed by atoms with Gasteiger partial charge in [0, 0.05) is 17.8 Å². The highest BCUT2D eigenvalue weighted by atomic mass is 35.5. The van der Waals surface area contributed by atoms with Gasteiger partial charge < -0.3 is 10.1 Å². The van der Waals surface area contributed by atoms with Crippen molar-refractivity contribution in [3.05, 3.63) is 46.1 Å². The zero-order valence-electron chi connectivity index (χ0n) is 11.1. The molecule has 0 aliphatic heterocycles. The van der Waals surface area contributed by atoms with Crippen molar-refractivity contribution in [3.63, 3.8) is 0 Å². The number of rotatable bonds is 5. The Hall–Kier alpha value is -1.95. The van der Waals surface area contributed by atoms with Crippen LogP contribution in [0.4, 0.5) is 8.78 Å². The fourth-order valence-corrected chi connectivity index (χ4v) is 1.86. The number of Topliss-reactive ketones (excluding diaryl/α,β-unsaturated/α-hetero) is 1. The molecule has 0 spiro atoms. The molecule has 21 heavy (non-hydrogen) atoms. The molecule has 2 rings (SSSR count). The van der Waals surface area contributed by atoms with Crippen LogP contribution in [0.3, 0.4) is 0 Å². The summed E-state index contributed by atoms with van der Waals surface area (Å²) in [4.78, 5) is 23.9. The summed E-state index contributed by atoms with van der Waals surface area (Å²) >= 11 is 5.74. The number of halogens is 3. The Labute approximate surface area is 124 Å². The highest BCUT2D eigenvalue weighted by Crippen LogP contribution is 2.24. The normalized spacial score (nSPS) is 14.8. The molecule has 0 atom stereocenters. The number of esters is 1. The first kappa shape index (κ1) is 15.4. The van der Waals surface area contributed by atoms with Gasteiger partial charge in [0.2, 0.25) is 5.78 Å². The van der Waals surface area contributed by atoms with Crippen molar-refractivity contribution in [1.29, 1.82) is 0 Å². The molecule has 0 aromatic heterocycles. The van der Waals surface area contributed by atoms with Gasteiger partial charge >= 0.3 is 5.97 Å². The topological polar surface area (TPSA) is 55.4 Å². The van der Waals surface area contributed by atoms with Gasteiger partial charge in [0.1, 0.15) is 5.57 Å². The molecule has 1 N–H and O–H groups in total. The summed E-state index contributed by atoms with van der Waals surface area (Å²) in [5.74, 6) is -4.11. The molecular weight excluding hydrogens is 304 g/mol. The molecule has 4 nitrogen and oxygen atoms in total. The van der Waals surface area contributed by atoms with Crippen LogP contribution < -0.4 is 5.32 Å². The Bertz CT molecular complexity index is 627. The van der Waals surface area contributed by atoms with Crippen LogP contribution in [0.15, 0.2) is 23.9 Å². The third-order valence-electron chi connectivity index (χ3n) is 2.95. The third-order valence-corrected chi connectivity index (χ3v) is 3.26. The minimum atomic E-state index is -1.22. The number of ketones is 1. The van der Waals surface area contributed by atoms with Crippen LogP contribution in [0.1, 0.15) is 23.2 Å². The lowest BCUT2D eigenvalue weighted by Gasteiger charge is -2.08. The molecule has 0 radical (unpaired) electrons. The molecule has 0 heterocycles. The van der Waals surface area contributed by atoms with E-state index in [0.717, 1.165) is 20.0 Å². The Morgan fingerprint density at radius 3 is 2.52 bits per heavy atom. The van der Waals surface area contributed by atoms with E-state index in [0.29, 0.717) is 12.1 Å². The van der Waals surface area contributed by atoms with Gasteiger partial charge in [0.25, 0.3) is 0 Å². The Balaban J connectivity index is 2.35. The lowest BCUT2D eigenvalue weighted by atomic mass is 10.0. The molecular formula is C14H12ClF2NO3. The largest absolute Gasteiger partial charge is 0.465 e. The minimum absolute atomic E-state index is 0.206. The van der Waals surface area contributed by atoms with E-state index in [1.54, 1.807) is 0 Å². The SMILES string of the molecule is COC(=O)C(=CNC1CC1)C(=O)c1cc(F)c(F)cc1Cl. The van der Waals surface area contributed by atoms with Crippen molar-refractivity contribution in [2.45, 2.75) is 18.9 Å². The maximum atomic E-state index is 13.3. The molecule has 0 saturated heterocycles. The molecule has 1 aromatic rings. The third kappa shape index (κ3) is 3.58. The lowest BCUT2D eigenvalue weighted by molar-refractivity contribution is -0.135. The maximum absolute atomic E-state index is 13.3. The van der Waals surface area contributed by atoms with Crippen LogP contribution in [0.5, 0.6) is 0 Å². The Morgan fingerprint density at radius 1 is 1.33 bits per heavy atom. The van der Waals surface area contributed by atoms with Crippen molar-refractivity contribution < 1.29 is 23.1 Å². The summed E-state index contributed by atoms with van der Waals surface area (Å²) in [5.41, 5.74) is -0.623. The number of carbonyl (C=O) groups is 2. The van der Waals surface area contributed by atoms with Crippen molar-refractivity contribution in [3.8, 4) is 0 Å². The molecule has 0 amide bonds. The summed E-state index contributed by atoms with van der Waals surface area (Å²) in [7, 11) is 1.12. The van der Waals surface area contributed by atoms with Crippen molar-refractivity contribution >= 4 is 23.4 Å². The monoisotopic (exact) mass is 315 g/mol. The van der Waals surface area contributed by atoms with Crippen molar-refractivity contribution in [1.82, 2.24) is 5.32 Å². The van der Waals surface area contributed by atoms with Gasteiger partial charge in [0.15, 0.2) is 11.6 Å². The van der Waals surface area contributed by atoms with Gasteiger partial charge in [-0.3, -0.25) is 4.79 Å². The summed E-state index contributed by atoms with van der Waals surface area (Å²) < 4.78 is 30.8. The van der Waals surface area contributed by atoms with Gasteiger partial charge in [-0.2, -0.15) is 0 Å². The van der Waals surface area contributed by atoms with E-state index in [9.17, 15) is 18.4 Å². The molecule has 1 saturated carbocycles. The molecule has 112 valence electrons. The van der Waals surface area contributed by atoms with Crippen molar-refractivity contribution in [2.75, 3.05) is 7.11 Å². The van der Waals surface area contributed by atoms with E-state index in [1.807, 2.05) is 0 Å². The van der Waals surface area contributed by atoms with Gasteiger partial charge in [0.05, 0.1) is 12.1 Å². The number of ether oxygens (including phenoxy) is 1. The molecule has 1 aromatic carbocycles. The number of carbonyl (C=O) groups excluding carboxylic acids is 2. The molecule has 1 fully saturated rings. The van der Waals surface area contributed by atoms with Crippen molar-refractivity contribution in [2.24, 2.45) is 0 Å². The smallest absolute Gasteiger partial charge is 0.343 e. The predicted molar refractivity (Wildman–Crippen MR) is 72.0 cm³/mol. The first-order chi connectivity index (χ1) is 9.93. The minimum Gasteiger partial charge on any atom is -0.465 e. The molecule has 7 heteroatoms. The highest BCUT2D eigenvalue weighted by Gasteiger charge is 2.26. The quantitative estimate of drug-likeness (QED) is 0.227. The van der Waals surface area contributed by atoms with E-state index >= 15 is 0 Å². The standard InChI is InChI=1S/C14H12ClF2NO3/c1-21-14(20)9(6-18-7-2-3-7)13(19)8-4-11(16)12(17)5-10(8)15/h4-7,18H,2-3H2,1H3. The highest BCUT2D eigenvalue weighted by molar-refractivity contribution is 6.36. The molecule has 0 unspecified atom stereocenters. The number of hydrogen-bond donors (Lipinski definition) is 1. The Kier molecular flexibility index (Phi) is 4.57.